The predicted octanol–water partition coefficient (Wildman–Crippen LogP) is 3.20. The number of thiophene rings is 1. The van der Waals surface area contributed by atoms with Gasteiger partial charge in [-0.15, -0.1) is 11.3 Å². The molecule has 0 spiro atoms. The van der Waals surface area contributed by atoms with Gasteiger partial charge in [-0.05, 0) is 48.1 Å². The third-order valence-electron chi connectivity index (χ3n) is 12.9. The first-order chi connectivity index (χ1) is 25.5. The second-order valence-electron chi connectivity index (χ2n) is 16.0. The Morgan fingerprint density at radius 1 is 0.982 bits per heavy atom. The van der Waals surface area contributed by atoms with E-state index in [0.717, 1.165) is 16.9 Å². The Kier molecular flexibility index (Phi) is 14.0. The second kappa shape index (κ2) is 17.1. The first-order valence-electron chi connectivity index (χ1n) is 18.3. The molecule has 12 nitrogen and oxygen atoms in total. The summed E-state index contributed by atoms with van der Waals surface area (Å²) in [6.07, 6.45) is -7.02. The van der Waals surface area contributed by atoms with Gasteiger partial charge in [-0.25, -0.2) is 9.59 Å². The summed E-state index contributed by atoms with van der Waals surface area (Å²) in [7, 11) is 1.78. The molecule has 3 heterocycles. The Bertz CT molecular complexity index is 1980. The number of ketones is 1. The quantitative estimate of drug-likeness (QED) is 0.148. The normalized spacial score (nSPS) is 34.0. The smallest absolute Gasteiger partial charge is 0.368 e. The predicted molar refractivity (Wildman–Crippen MR) is 194 cm³/mol. The Morgan fingerprint density at radius 2 is 1.66 bits per heavy atom. The molecule has 4 aliphatic rings. The zero-order valence-corrected chi connectivity index (χ0v) is 42.6. The van der Waals surface area contributed by atoms with Crippen LogP contribution in [0.25, 0.3) is 0 Å². The minimum absolute atomic E-state index is 0. The van der Waals surface area contributed by atoms with Crippen molar-refractivity contribution in [3.8, 4) is 5.88 Å². The molecule has 9 unspecified atom stereocenters. The maximum atomic E-state index is 14.8. The molecule has 2 saturated carbocycles. The first kappa shape index (κ1) is 46.0. The number of Topliss-reactive ketones (excluding diaryl/α,β-unsaturated/α-hetero) is 1. The number of nitrogens with zero attached hydrogens (tertiary/aromatic N) is 1. The van der Waals surface area contributed by atoms with Gasteiger partial charge in [-0.2, -0.15) is 4.57 Å². The molecule has 2 radical (unpaired) electrons. The van der Waals surface area contributed by atoms with Crippen LogP contribution in [0, 0.1) is 105 Å². The number of hydrogen-bond donors (Lipinski definition) is 4. The number of aryl methyl sites for hydroxylation is 1. The average molecular weight is 1220 g/mol. The zero-order valence-electron chi connectivity index (χ0n) is 32.3. The fourth-order valence-electron chi connectivity index (χ4n) is 9.44. The third kappa shape index (κ3) is 7.39. The van der Waals surface area contributed by atoms with Crippen LogP contribution in [0.15, 0.2) is 83.4 Å². The van der Waals surface area contributed by atoms with Crippen LogP contribution >= 0.6 is 11.3 Å². The number of pyridine rings is 1. The van der Waals surface area contributed by atoms with Crippen LogP contribution in [0.1, 0.15) is 68.6 Å². The Labute approximate surface area is 402 Å². The van der Waals surface area contributed by atoms with E-state index in [9.17, 15) is 34.8 Å². The van der Waals surface area contributed by atoms with Gasteiger partial charge < -0.3 is 39.4 Å². The van der Waals surface area contributed by atoms with Crippen LogP contribution in [0.3, 0.4) is 0 Å². The van der Waals surface area contributed by atoms with Crippen LogP contribution in [0.2, 0.25) is 0 Å². The van der Waals surface area contributed by atoms with Crippen molar-refractivity contribution in [3.05, 3.63) is 93.8 Å². The minimum Gasteiger partial charge on any atom is -0.455 e. The number of ether oxygens (including phenoxy) is 4. The summed E-state index contributed by atoms with van der Waals surface area (Å²) in [6.45, 7) is 7.91. The van der Waals surface area contributed by atoms with Crippen molar-refractivity contribution in [2.75, 3.05) is 6.61 Å². The maximum Gasteiger partial charge on any atom is 0.368 e. The summed E-state index contributed by atoms with van der Waals surface area (Å²) in [5.74, 6) is -3.95. The summed E-state index contributed by atoms with van der Waals surface area (Å²) in [5, 5.41) is 51.1. The van der Waals surface area contributed by atoms with Crippen LogP contribution < -0.4 is 9.30 Å². The molecule has 294 valence electrons. The molecule has 0 amide bonds. The molecule has 3 aliphatic carbocycles. The van der Waals surface area contributed by atoms with Crippen LogP contribution in [-0.2, 0) is 30.8 Å². The summed E-state index contributed by atoms with van der Waals surface area (Å²) in [4.78, 5) is 43.3. The number of carbonyl (C=O) groups excluding carboxylic acids is 3. The minimum atomic E-state index is -2.19. The molecule has 2 aromatic heterocycles. The number of aliphatic hydroxyl groups excluding tert-OH is 2. The molecule has 1 aliphatic heterocycles. The number of aromatic nitrogens is 1. The van der Waals surface area contributed by atoms with Gasteiger partial charge in [0.2, 0.25) is 6.10 Å². The standard InChI is InChI=1S/C41H48NO11S.2Ac/c1-22(24-13-8-7-9-14-24)32(52-29-16-10-11-17-42(29)6)37(47)51-25-20-41(49)35(53-36(46)26-15-12-18-54-26)33-39(5,27(43)19-28-40(33,48)21-50-28)34(45)31(44)30(23(25)2)38(41,3)4;;/h7-18,22,25,27-28,31-33,35,43-44,48-49H,19-21H2,1-6H3;;/q+1;;/t22-,25?,27?,28?,31?,32?,33?,35?,39+,40?,41?;;/m0../s1. The van der Waals surface area contributed by atoms with Crippen molar-refractivity contribution in [3.63, 3.8) is 0 Å². The van der Waals surface area contributed by atoms with E-state index in [1.807, 2.05) is 43.3 Å². The van der Waals surface area contributed by atoms with Gasteiger partial charge in [0.1, 0.15) is 41.4 Å². The van der Waals surface area contributed by atoms with E-state index in [1.165, 1.54) is 6.92 Å². The molecule has 11 atom stereocenters. The van der Waals surface area contributed by atoms with Crippen LogP contribution in [0.4, 0.5) is 0 Å². The van der Waals surface area contributed by atoms with E-state index < -0.39 is 88.2 Å². The van der Waals surface area contributed by atoms with E-state index in [2.05, 4.69) is 0 Å². The van der Waals surface area contributed by atoms with E-state index in [1.54, 1.807) is 68.2 Å². The van der Waals surface area contributed by atoms with Crippen LogP contribution in [-0.4, -0.2) is 92.6 Å². The van der Waals surface area contributed by atoms with E-state index in [-0.39, 0.29) is 118 Å². The van der Waals surface area contributed by atoms with E-state index >= 15 is 0 Å². The fourth-order valence-corrected chi connectivity index (χ4v) is 10.0. The molecule has 1 saturated heterocycles. The fraction of sp³-hybridized carbons (Fsp3) is 0.512. The number of hydrogen-bond acceptors (Lipinski definition) is 12. The molecule has 4 N–H and O–H groups in total. The van der Waals surface area contributed by atoms with Gasteiger partial charge >= 0.3 is 17.8 Å². The SMILES string of the molecule is CC1=C2C(O)C(=O)[C@]3(C)C(O)CC4OCC4(O)C3C(OC(=O)c3cccs3)C(O)(CC1OC(=O)C(Oc1cccc[n+]1C)[C@@H](C)c1ccccc1)C2(C)C.[Ac].[Ac]. The Hall–Kier alpha value is -1.10. The van der Waals surface area contributed by atoms with Crippen molar-refractivity contribution < 1.29 is 146 Å². The molecule has 15 heteroatoms. The van der Waals surface area contributed by atoms with E-state index in [0.29, 0.717) is 11.5 Å². The van der Waals surface area contributed by atoms with Gasteiger partial charge in [0.25, 0.3) is 0 Å². The molecule has 3 fully saturated rings. The topological polar surface area (TPSA) is 173 Å². The first-order valence-corrected chi connectivity index (χ1v) is 19.1. The zero-order chi connectivity index (χ0) is 39.0. The molecule has 1 aromatic carbocycles. The third-order valence-corrected chi connectivity index (χ3v) is 13.7. The van der Waals surface area contributed by atoms with Gasteiger partial charge in [0.05, 0.1) is 30.3 Å². The van der Waals surface area contributed by atoms with Crippen molar-refractivity contribution in [1.29, 1.82) is 0 Å². The summed E-state index contributed by atoms with van der Waals surface area (Å²) in [5.41, 5.74) is -6.20. The van der Waals surface area contributed by atoms with Crippen molar-refractivity contribution in [1.82, 2.24) is 0 Å². The van der Waals surface area contributed by atoms with Gasteiger partial charge in [-0.3, -0.25) is 4.79 Å². The van der Waals surface area contributed by atoms with Gasteiger partial charge in [0, 0.05) is 124 Å². The number of esters is 2. The number of benzene rings is 1. The summed E-state index contributed by atoms with van der Waals surface area (Å²) >= 11 is 1.12. The second-order valence-corrected chi connectivity index (χ2v) is 17.0. The molecular weight excluding hydrogens is 1170 g/mol. The monoisotopic (exact) mass is 1220 g/mol. The average Bonchev–Trinajstić information content (AvgIpc) is 3.69. The molecular formula is C41H48Ac2NO11S+. The Balaban J connectivity index is 0.00000300. The number of aliphatic hydroxyl groups is 4. The van der Waals surface area contributed by atoms with Crippen LogP contribution in [0.5, 0.6) is 5.88 Å². The number of rotatable bonds is 8. The number of fused-ring (bicyclic) bond motifs is 5. The largest absolute Gasteiger partial charge is 0.455 e. The molecule has 3 aromatic rings. The van der Waals surface area contributed by atoms with Gasteiger partial charge in [0.15, 0.2) is 12.0 Å². The number of carbonyl (C=O) groups is 3. The molecule has 7 rings (SSSR count). The van der Waals surface area contributed by atoms with E-state index in [4.69, 9.17) is 18.9 Å². The molecule has 2 bridgehead atoms. The van der Waals surface area contributed by atoms with Crippen molar-refractivity contribution >= 4 is 29.1 Å². The van der Waals surface area contributed by atoms with Gasteiger partial charge in [-0.1, -0.05) is 57.2 Å². The van der Waals surface area contributed by atoms with Crippen molar-refractivity contribution in [2.24, 2.45) is 23.8 Å². The summed E-state index contributed by atoms with van der Waals surface area (Å²) in [6, 6.07) is 17.9. The summed E-state index contributed by atoms with van der Waals surface area (Å²) < 4.78 is 26.3. The Morgan fingerprint density at radius 3 is 2.27 bits per heavy atom. The molecule has 56 heavy (non-hydrogen) atoms. The van der Waals surface area contributed by atoms with Crippen molar-refractivity contribution in [2.45, 2.75) is 101 Å². The maximum absolute atomic E-state index is 14.8.